The minimum Gasteiger partial charge on any atom is -0.496 e. The van der Waals surface area contributed by atoms with Crippen molar-refractivity contribution in [2.24, 2.45) is 0 Å². The number of carbonyl (C=O) groups is 2. The van der Waals surface area contributed by atoms with Gasteiger partial charge in [-0.15, -0.1) is 0 Å². The number of likely N-dealkylation sites (N-methyl/N-ethyl adjacent to an activating group) is 2. The van der Waals surface area contributed by atoms with E-state index in [1.54, 1.807) is 42.3 Å². The molecule has 0 aliphatic carbocycles. The van der Waals surface area contributed by atoms with Gasteiger partial charge in [0, 0.05) is 61.5 Å². The Morgan fingerprint density at radius 2 is 1.80 bits per heavy atom. The number of nitrogens with one attached hydrogen (secondary N) is 2. The molecule has 5 rings (SSSR count). The van der Waals surface area contributed by atoms with Crippen LogP contribution in [0.4, 0.5) is 21.5 Å². The molecule has 1 saturated heterocycles. The van der Waals surface area contributed by atoms with Crippen LogP contribution in [-0.2, 0) is 9.59 Å². The molecule has 40 heavy (non-hydrogen) atoms. The molecule has 2 heterocycles. The quantitative estimate of drug-likeness (QED) is 0.427. The molecule has 2 aliphatic heterocycles. The summed E-state index contributed by atoms with van der Waals surface area (Å²) in [5.41, 5.74) is 5.02. The van der Waals surface area contributed by atoms with Crippen molar-refractivity contribution in [3.63, 3.8) is 0 Å². The van der Waals surface area contributed by atoms with Crippen LogP contribution in [0, 0.1) is 5.82 Å². The molecular weight excluding hydrogens is 509 g/mol. The van der Waals surface area contributed by atoms with E-state index >= 15 is 0 Å². The molecule has 0 unspecified atom stereocenters. The van der Waals surface area contributed by atoms with Gasteiger partial charge in [-0.2, -0.15) is 0 Å². The maximum atomic E-state index is 14.7. The second-order valence-corrected chi connectivity index (χ2v) is 10.2. The van der Waals surface area contributed by atoms with Crippen molar-refractivity contribution < 1.29 is 18.7 Å². The number of methoxy groups -OCH3 is 1. The summed E-state index contributed by atoms with van der Waals surface area (Å²) in [6.45, 7) is 5.93. The van der Waals surface area contributed by atoms with E-state index in [0.29, 0.717) is 45.9 Å². The number of allylic oxidation sites excluding steroid dienone is 1. The van der Waals surface area contributed by atoms with Crippen molar-refractivity contribution in [3.05, 3.63) is 77.7 Å². The molecule has 3 aromatic carbocycles. The summed E-state index contributed by atoms with van der Waals surface area (Å²) in [5.74, 6) is -0.165. The number of fused-ring (bicyclic) bond motifs is 1. The zero-order chi connectivity index (χ0) is 28.4. The lowest BCUT2D eigenvalue weighted by Crippen LogP contribution is -2.48. The number of benzene rings is 3. The highest BCUT2D eigenvalue weighted by atomic mass is 19.1. The zero-order valence-corrected chi connectivity index (χ0v) is 23.3. The molecule has 2 aliphatic rings. The Kier molecular flexibility index (Phi) is 7.86. The van der Waals surface area contributed by atoms with Gasteiger partial charge in [-0.1, -0.05) is 12.1 Å². The first kappa shape index (κ1) is 27.4. The van der Waals surface area contributed by atoms with E-state index in [-0.39, 0.29) is 11.8 Å². The molecule has 0 saturated carbocycles. The molecule has 2 amide bonds. The topological polar surface area (TPSA) is 77.2 Å². The van der Waals surface area contributed by atoms with E-state index in [0.717, 1.165) is 37.6 Å². The largest absolute Gasteiger partial charge is 0.496 e. The van der Waals surface area contributed by atoms with Gasteiger partial charge in [0.1, 0.15) is 11.6 Å². The molecule has 0 spiro atoms. The first-order valence-corrected chi connectivity index (χ1v) is 13.3. The van der Waals surface area contributed by atoms with Crippen molar-refractivity contribution in [2.45, 2.75) is 6.92 Å². The molecule has 0 radical (unpaired) electrons. The third kappa shape index (κ3) is 5.57. The molecule has 0 aromatic heterocycles. The number of ether oxygens (including phenoxy) is 1. The van der Waals surface area contributed by atoms with Gasteiger partial charge in [-0.25, -0.2) is 4.39 Å². The van der Waals surface area contributed by atoms with Crippen LogP contribution in [0.15, 0.2) is 66.4 Å². The normalized spacial score (nSPS) is 16.8. The van der Waals surface area contributed by atoms with Gasteiger partial charge in [0.05, 0.1) is 24.8 Å². The number of piperazine rings is 1. The summed E-state index contributed by atoms with van der Waals surface area (Å²) in [7, 11) is 5.38. The average Bonchev–Trinajstić information content (AvgIpc) is 3.29. The van der Waals surface area contributed by atoms with E-state index in [9.17, 15) is 14.0 Å². The van der Waals surface area contributed by atoms with Crippen LogP contribution in [0.1, 0.15) is 12.5 Å². The third-order valence-electron chi connectivity index (χ3n) is 7.54. The molecule has 9 heteroatoms. The highest BCUT2D eigenvalue weighted by Gasteiger charge is 2.28. The number of halogens is 1. The van der Waals surface area contributed by atoms with E-state index in [1.807, 2.05) is 31.2 Å². The first-order chi connectivity index (χ1) is 19.2. The van der Waals surface area contributed by atoms with Crippen LogP contribution in [0.2, 0.25) is 0 Å². The monoisotopic (exact) mass is 543 g/mol. The second-order valence-electron chi connectivity index (χ2n) is 10.2. The second kappa shape index (κ2) is 11.5. The Bertz CT molecular complexity index is 1460. The van der Waals surface area contributed by atoms with Gasteiger partial charge in [-0.05, 0) is 68.1 Å². The summed E-state index contributed by atoms with van der Waals surface area (Å²) in [4.78, 5) is 31.9. The van der Waals surface area contributed by atoms with Crippen LogP contribution >= 0.6 is 0 Å². The van der Waals surface area contributed by atoms with Crippen LogP contribution in [0.25, 0.3) is 16.7 Å². The molecule has 208 valence electrons. The lowest BCUT2D eigenvalue weighted by atomic mass is 9.97. The molecule has 0 atom stereocenters. The number of anilines is 3. The van der Waals surface area contributed by atoms with Crippen LogP contribution in [0.5, 0.6) is 5.75 Å². The molecular formula is C31H34FN5O3. The van der Waals surface area contributed by atoms with Crippen molar-refractivity contribution in [2.75, 3.05) is 69.5 Å². The minimum atomic E-state index is -0.399. The zero-order valence-electron chi connectivity index (χ0n) is 23.3. The van der Waals surface area contributed by atoms with Crippen molar-refractivity contribution in [1.82, 2.24) is 9.80 Å². The predicted molar refractivity (Wildman–Crippen MR) is 157 cm³/mol. The lowest BCUT2D eigenvalue weighted by molar-refractivity contribution is -0.119. The third-order valence-corrected chi connectivity index (χ3v) is 7.54. The Hall–Kier alpha value is -4.21. The summed E-state index contributed by atoms with van der Waals surface area (Å²) < 4.78 is 20.1. The van der Waals surface area contributed by atoms with Gasteiger partial charge < -0.3 is 25.2 Å². The van der Waals surface area contributed by atoms with Crippen molar-refractivity contribution in [3.8, 4) is 16.9 Å². The fourth-order valence-corrected chi connectivity index (χ4v) is 5.14. The summed E-state index contributed by atoms with van der Waals surface area (Å²) in [6.07, 6.45) is 0. The standard InChI is InChI=1S/C31H34FN5O3/c1-20(33-22-9-11-23(12-10-22)36(3)28(38)19-37-16-14-35(2)15-17-37)29-24-18-21(8-13-26(24)34-31(29)39)30-25(32)6-5-7-27(30)40-4/h5-13,18,33H,14-17,19H2,1-4H3,(H,34,39)/b29-20-. The summed E-state index contributed by atoms with van der Waals surface area (Å²) >= 11 is 0. The Balaban J connectivity index is 1.33. The molecule has 8 nitrogen and oxygen atoms in total. The fraction of sp³-hybridized carbons (Fsp3) is 0.290. The maximum Gasteiger partial charge on any atom is 0.258 e. The number of carbonyl (C=O) groups excluding carboxylic acids is 2. The molecule has 2 N–H and O–H groups in total. The van der Waals surface area contributed by atoms with Crippen LogP contribution in [-0.4, -0.2) is 75.5 Å². The fourth-order valence-electron chi connectivity index (χ4n) is 5.14. The predicted octanol–water partition coefficient (Wildman–Crippen LogP) is 4.51. The lowest BCUT2D eigenvalue weighted by Gasteiger charge is -2.32. The van der Waals surface area contributed by atoms with Gasteiger partial charge in [-0.3, -0.25) is 14.5 Å². The Labute approximate surface area is 234 Å². The summed E-state index contributed by atoms with van der Waals surface area (Å²) in [6, 6.07) is 17.6. The summed E-state index contributed by atoms with van der Waals surface area (Å²) in [5, 5.41) is 6.21. The minimum absolute atomic E-state index is 0.0464. The number of rotatable bonds is 7. The van der Waals surface area contributed by atoms with Crippen molar-refractivity contribution >= 4 is 34.4 Å². The highest BCUT2D eigenvalue weighted by Crippen LogP contribution is 2.40. The van der Waals surface area contributed by atoms with Crippen LogP contribution < -0.4 is 20.3 Å². The van der Waals surface area contributed by atoms with E-state index < -0.39 is 5.82 Å². The van der Waals surface area contributed by atoms with Crippen LogP contribution in [0.3, 0.4) is 0 Å². The van der Waals surface area contributed by atoms with Gasteiger partial charge in [0.15, 0.2) is 0 Å². The number of hydrogen-bond acceptors (Lipinski definition) is 6. The van der Waals surface area contributed by atoms with E-state index in [1.165, 1.54) is 13.2 Å². The Morgan fingerprint density at radius 3 is 2.50 bits per heavy atom. The van der Waals surface area contributed by atoms with E-state index in [2.05, 4.69) is 27.5 Å². The molecule has 3 aromatic rings. The van der Waals surface area contributed by atoms with Crippen molar-refractivity contribution in [1.29, 1.82) is 0 Å². The average molecular weight is 544 g/mol. The molecule has 1 fully saturated rings. The van der Waals surface area contributed by atoms with Gasteiger partial charge in [0.2, 0.25) is 5.91 Å². The highest BCUT2D eigenvalue weighted by molar-refractivity contribution is 6.32. The Morgan fingerprint density at radius 1 is 1.07 bits per heavy atom. The van der Waals surface area contributed by atoms with Gasteiger partial charge in [0.25, 0.3) is 5.91 Å². The van der Waals surface area contributed by atoms with Gasteiger partial charge >= 0.3 is 0 Å². The number of nitrogens with zero attached hydrogens (tertiary/aromatic N) is 3. The number of amides is 2. The molecule has 0 bridgehead atoms. The number of hydrogen-bond donors (Lipinski definition) is 2. The first-order valence-electron chi connectivity index (χ1n) is 13.3. The maximum absolute atomic E-state index is 14.7. The SMILES string of the molecule is COc1cccc(F)c1-c1ccc2c(c1)/C(=C(\C)Nc1ccc(N(C)C(=O)CN3CCN(C)CC3)cc1)C(=O)N2. The smallest absolute Gasteiger partial charge is 0.258 e. The van der Waals surface area contributed by atoms with E-state index in [4.69, 9.17) is 4.74 Å².